The number of aryl methyl sites for hydroxylation is 1. The second-order valence-electron chi connectivity index (χ2n) is 4.19. The fourth-order valence-electron chi connectivity index (χ4n) is 1.80. The third-order valence-electron chi connectivity index (χ3n) is 2.94. The van der Waals surface area contributed by atoms with Crippen LogP contribution in [-0.4, -0.2) is 0 Å². The van der Waals surface area contributed by atoms with Gasteiger partial charge in [0.15, 0.2) is 0 Å². The van der Waals surface area contributed by atoms with Crippen molar-refractivity contribution >= 4 is 0 Å². The molecule has 1 aliphatic rings. The van der Waals surface area contributed by atoms with Gasteiger partial charge in [-0.3, -0.25) is 0 Å². The summed E-state index contributed by atoms with van der Waals surface area (Å²) in [6.07, 6.45) is 3.37. The van der Waals surface area contributed by atoms with Crippen LogP contribution in [0.15, 0.2) is 12.1 Å². The lowest BCUT2D eigenvalue weighted by Crippen LogP contribution is -2.06. The molecule has 1 saturated carbocycles. The van der Waals surface area contributed by atoms with Crippen molar-refractivity contribution in [3.8, 4) is 0 Å². The monoisotopic (exact) mass is 193 g/mol. The minimum atomic E-state index is -0.0418. The Balaban J connectivity index is 2.35. The van der Waals surface area contributed by atoms with E-state index in [4.69, 9.17) is 5.73 Å². The lowest BCUT2D eigenvalue weighted by Gasteiger charge is -2.10. The van der Waals surface area contributed by atoms with Gasteiger partial charge in [0.2, 0.25) is 0 Å². The van der Waals surface area contributed by atoms with E-state index in [1.165, 1.54) is 12.8 Å². The van der Waals surface area contributed by atoms with Gasteiger partial charge in [0, 0.05) is 6.54 Å². The maximum absolute atomic E-state index is 13.8. The fraction of sp³-hybridized carbons (Fsp3) is 0.500. The third-order valence-corrected chi connectivity index (χ3v) is 2.94. The van der Waals surface area contributed by atoms with Crippen molar-refractivity contribution in [1.29, 1.82) is 0 Å². The molecule has 2 rings (SSSR count). The zero-order valence-corrected chi connectivity index (χ0v) is 8.52. The Bertz CT molecular complexity index is 342. The van der Waals surface area contributed by atoms with Gasteiger partial charge in [0.05, 0.1) is 0 Å². The molecule has 1 nitrogen and oxygen atoms in total. The first kappa shape index (κ1) is 9.66. The molecule has 2 N–H and O–H groups in total. The smallest absolute Gasteiger partial charge is 0.129 e. The Kier molecular flexibility index (Phi) is 2.55. The van der Waals surface area contributed by atoms with Crippen LogP contribution in [0.1, 0.15) is 29.5 Å². The zero-order valence-electron chi connectivity index (χ0n) is 8.52. The van der Waals surface area contributed by atoms with Crippen LogP contribution < -0.4 is 5.73 Å². The molecule has 0 bridgehead atoms. The summed E-state index contributed by atoms with van der Waals surface area (Å²) in [5.41, 5.74) is 8.16. The van der Waals surface area contributed by atoms with Gasteiger partial charge in [-0.15, -0.1) is 0 Å². The largest absolute Gasteiger partial charge is 0.326 e. The Morgan fingerprint density at radius 1 is 1.43 bits per heavy atom. The molecule has 14 heavy (non-hydrogen) atoms. The molecule has 0 heterocycles. The number of benzene rings is 1. The molecule has 0 aromatic heterocycles. The first-order chi connectivity index (χ1) is 6.72. The quantitative estimate of drug-likeness (QED) is 0.784. The molecule has 0 aliphatic heterocycles. The summed E-state index contributed by atoms with van der Waals surface area (Å²) in [6.45, 7) is 2.26. The number of nitrogens with two attached hydrogens (primary N) is 1. The van der Waals surface area contributed by atoms with Gasteiger partial charge < -0.3 is 5.73 Å². The van der Waals surface area contributed by atoms with Crippen LogP contribution in [-0.2, 0) is 13.0 Å². The van der Waals surface area contributed by atoms with Crippen LogP contribution in [0.4, 0.5) is 4.39 Å². The third kappa shape index (κ3) is 1.80. The fourth-order valence-corrected chi connectivity index (χ4v) is 1.80. The molecule has 0 radical (unpaired) electrons. The van der Waals surface area contributed by atoms with Gasteiger partial charge in [-0.1, -0.05) is 12.1 Å². The zero-order chi connectivity index (χ0) is 10.1. The van der Waals surface area contributed by atoms with Crippen molar-refractivity contribution in [2.24, 2.45) is 11.7 Å². The summed E-state index contributed by atoms with van der Waals surface area (Å²) in [6, 6.07) is 3.77. The molecular weight excluding hydrogens is 177 g/mol. The number of hydrogen-bond donors (Lipinski definition) is 1. The van der Waals surface area contributed by atoms with E-state index in [1.54, 1.807) is 0 Å². The molecule has 1 fully saturated rings. The minimum absolute atomic E-state index is 0.0418. The molecule has 1 aliphatic carbocycles. The van der Waals surface area contributed by atoms with E-state index in [2.05, 4.69) is 0 Å². The van der Waals surface area contributed by atoms with E-state index in [9.17, 15) is 4.39 Å². The van der Waals surface area contributed by atoms with Crippen LogP contribution in [0.2, 0.25) is 0 Å². The van der Waals surface area contributed by atoms with E-state index in [-0.39, 0.29) is 5.82 Å². The van der Waals surface area contributed by atoms with Gasteiger partial charge in [-0.05, 0) is 48.8 Å². The minimum Gasteiger partial charge on any atom is -0.326 e. The van der Waals surface area contributed by atoms with Crippen molar-refractivity contribution in [2.75, 3.05) is 0 Å². The van der Waals surface area contributed by atoms with Crippen LogP contribution >= 0.6 is 0 Å². The van der Waals surface area contributed by atoms with Crippen LogP contribution in [0.5, 0.6) is 0 Å². The van der Waals surface area contributed by atoms with E-state index >= 15 is 0 Å². The normalized spacial score (nSPS) is 15.9. The van der Waals surface area contributed by atoms with Crippen molar-refractivity contribution < 1.29 is 4.39 Å². The average Bonchev–Trinajstić information content (AvgIpc) is 2.97. The topological polar surface area (TPSA) is 26.0 Å². The summed E-state index contributed by atoms with van der Waals surface area (Å²) >= 11 is 0. The molecular formula is C12H16FN. The second-order valence-corrected chi connectivity index (χ2v) is 4.19. The van der Waals surface area contributed by atoms with Crippen molar-refractivity contribution in [3.63, 3.8) is 0 Å². The summed E-state index contributed by atoms with van der Waals surface area (Å²) < 4.78 is 13.8. The van der Waals surface area contributed by atoms with Gasteiger partial charge in [-0.2, -0.15) is 0 Å². The Morgan fingerprint density at radius 2 is 2.14 bits per heavy atom. The predicted molar refractivity (Wildman–Crippen MR) is 55.5 cm³/mol. The van der Waals surface area contributed by atoms with Crippen molar-refractivity contribution in [3.05, 3.63) is 34.6 Å². The average molecular weight is 193 g/mol. The van der Waals surface area contributed by atoms with Gasteiger partial charge in [0.25, 0.3) is 0 Å². The molecule has 0 amide bonds. The van der Waals surface area contributed by atoms with Gasteiger partial charge in [0.1, 0.15) is 5.82 Å². The highest BCUT2D eigenvalue weighted by Gasteiger charge is 2.24. The predicted octanol–water partition coefficient (Wildman–Crippen LogP) is 2.55. The van der Waals surface area contributed by atoms with Crippen LogP contribution in [0.25, 0.3) is 0 Å². The van der Waals surface area contributed by atoms with Gasteiger partial charge in [-0.25, -0.2) is 4.39 Å². The SMILES string of the molecule is Cc1ccc(CN)c(CC2CC2)c1F. The molecule has 2 heteroatoms. The van der Waals surface area contributed by atoms with Crippen molar-refractivity contribution in [2.45, 2.75) is 32.7 Å². The van der Waals surface area contributed by atoms with E-state index in [0.29, 0.717) is 12.5 Å². The van der Waals surface area contributed by atoms with Crippen LogP contribution in [0, 0.1) is 18.7 Å². The molecule has 76 valence electrons. The maximum atomic E-state index is 13.8. The molecule has 0 spiro atoms. The molecule has 1 aromatic carbocycles. The van der Waals surface area contributed by atoms with Gasteiger partial charge >= 0.3 is 0 Å². The molecule has 1 aromatic rings. The molecule has 0 atom stereocenters. The Morgan fingerprint density at radius 3 is 2.71 bits per heavy atom. The molecule has 0 saturated heterocycles. The summed E-state index contributed by atoms with van der Waals surface area (Å²) in [4.78, 5) is 0. The lowest BCUT2D eigenvalue weighted by molar-refractivity contribution is 0.589. The van der Waals surface area contributed by atoms with E-state index in [1.807, 2.05) is 19.1 Å². The first-order valence-corrected chi connectivity index (χ1v) is 5.19. The Hall–Kier alpha value is -0.890. The number of halogens is 1. The number of rotatable bonds is 3. The maximum Gasteiger partial charge on any atom is 0.129 e. The standard InChI is InChI=1S/C12H16FN/c1-8-2-5-10(7-14)11(12(8)13)6-9-3-4-9/h2,5,9H,3-4,6-7,14H2,1H3. The summed E-state index contributed by atoms with van der Waals surface area (Å²) in [5, 5.41) is 0. The van der Waals surface area contributed by atoms with Crippen molar-refractivity contribution in [1.82, 2.24) is 0 Å². The first-order valence-electron chi connectivity index (χ1n) is 5.19. The summed E-state index contributed by atoms with van der Waals surface area (Å²) in [5.74, 6) is 0.663. The van der Waals surface area contributed by atoms with E-state index < -0.39 is 0 Å². The number of hydrogen-bond acceptors (Lipinski definition) is 1. The second kappa shape index (κ2) is 3.70. The lowest BCUT2D eigenvalue weighted by atomic mass is 9.99. The van der Waals surface area contributed by atoms with E-state index in [0.717, 1.165) is 23.1 Å². The van der Waals surface area contributed by atoms with Crippen LogP contribution in [0.3, 0.4) is 0 Å². The highest BCUT2D eigenvalue weighted by atomic mass is 19.1. The highest BCUT2D eigenvalue weighted by molar-refractivity contribution is 5.34. The molecule has 0 unspecified atom stereocenters. The summed E-state index contributed by atoms with van der Waals surface area (Å²) in [7, 11) is 0. The Labute approximate surface area is 84.1 Å². The highest BCUT2D eigenvalue weighted by Crippen LogP contribution is 2.34.